The smallest absolute Gasteiger partial charge is 0.134 e. The van der Waals surface area contributed by atoms with Crippen LogP contribution < -0.4 is 4.74 Å². The second kappa shape index (κ2) is 9.15. The largest absolute Gasteiger partial charge is 0.490 e. The summed E-state index contributed by atoms with van der Waals surface area (Å²) in [6, 6.07) is 9.69. The summed E-state index contributed by atoms with van der Waals surface area (Å²) in [6.07, 6.45) is 13.9. The van der Waals surface area contributed by atoms with Gasteiger partial charge in [0.25, 0.3) is 0 Å². The summed E-state index contributed by atoms with van der Waals surface area (Å²) in [5, 5.41) is 1.61. The molecule has 0 aromatic heterocycles. The number of halogens is 1. The Morgan fingerprint density at radius 3 is 2.24 bits per heavy atom. The van der Waals surface area contributed by atoms with Crippen molar-refractivity contribution in [2.75, 3.05) is 6.61 Å². The molecule has 0 saturated heterocycles. The maximum Gasteiger partial charge on any atom is 0.134 e. The van der Waals surface area contributed by atoms with Crippen LogP contribution in [-0.4, -0.2) is 6.61 Å². The molecule has 0 spiro atoms. The van der Waals surface area contributed by atoms with E-state index >= 15 is 4.39 Å². The van der Waals surface area contributed by atoms with Crippen molar-refractivity contribution in [3.05, 3.63) is 67.0 Å². The monoisotopic (exact) mass is 392 g/mol. The Balaban J connectivity index is 1.42. The van der Waals surface area contributed by atoms with Crippen LogP contribution in [0.15, 0.2) is 55.6 Å². The van der Waals surface area contributed by atoms with E-state index in [1.54, 1.807) is 6.08 Å². The summed E-state index contributed by atoms with van der Waals surface area (Å²) in [5.41, 5.74) is 0.908. The number of hydrogen-bond donors (Lipinski definition) is 0. The lowest BCUT2D eigenvalue weighted by Gasteiger charge is -2.37. The summed E-state index contributed by atoms with van der Waals surface area (Å²) < 4.78 is 20.9. The highest BCUT2D eigenvalue weighted by molar-refractivity contribution is 5.85. The van der Waals surface area contributed by atoms with E-state index in [1.807, 2.05) is 24.3 Å². The third kappa shape index (κ3) is 4.42. The van der Waals surface area contributed by atoms with Crippen LogP contribution in [0.5, 0.6) is 5.75 Å². The minimum absolute atomic E-state index is 0.0345. The van der Waals surface area contributed by atoms with Crippen LogP contribution in [0, 0.1) is 23.6 Å². The van der Waals surface area contributed by atoms with Gasteiger partial charge >= 0.3 is 0 Å². The number of rotatable bonds is 6. The van der Waals surface area contributed by atoms with Gasteiger partial charge in [0.2, 0.25) is 0 Å². The zero-order valence-electron chi connectivity index (χ0n) is 17.4. The van der Waals surface area contributed by atoms with Crippen molar-refractivity contribution in [1.82, 2.24) is 0 Å². The third-order valence-electron chi connectivity index (χ3n) is 7.35. The minimum atomic E-state index is -0.0345. The third-order valence-corrected chi connectivity index (χ3v) is 7.35. The molecule has 2 aliphatic rings. The van der Waals surface area contributed by atoms with E-state index < -0.39 is 0 Å². The van der Waals surface area contributed by atoms with Gasteiger partial charge in [-0.15, -0.1) is 6.58 Å². The molecule has 154 valence electrons. The Hall–Kier alpha value is -2.09. The maximum absolute atomic E-state index is 15.3. The quantitative estimate of drug-likeness (QED) is 0.455. The Morgan fingerprint density at radius 1 is 0.897 bits per heavy atom. The normalized spacial score (nSPS) is 27.5. The molecule has 0 unspecified atom stereocenters. The topological polar surface area (TPSA) is 9.23 Å². The lowest BCUT2D eigenvalue weighted by molar-refractivity contribution is 0.171. The fraction of sp³-hybridized carbons (Fsp3) is 0.481. The fourth-order valence-electron chi connectivity index (χ4n) is 5.60. The van der Waals surface area contributed by atoms with Crippen molar-refractivity contribution in [2.24, 2.45) is 17.8 Å². The molecule has 2 heteroatoms. The van der Waals surface area contributed by atoms with Crippen LogP contribution in [0.25, 0.3) is 10.8 Å². The highest BCUT2D eigenvalue weighted by Gasteiger charge is 2.31. The maximum atomic E-state index is 15.3. The first-order valence-electron chi connectivity index (χ1n) is 11.3. The zero-order chi connectivity index (χ0) is 20.2. The Kier molecular flexibility index (Phi) is 6.37. The van der Waals surface area contributed by atoms with Crippen LogP contribution in [0.1, 0.15) is 62.8 Å². The molecule has 1 nitrogen and oxygen atoms in total. The van der Waals surface area contributed by atoms with Gasteiger partial charge in [-0.3, -0.25) is 0 Å². The molecule has 2 aromatic rings. The van der Waals surface area contributed by atoms with Gasteiger partial charge in [0.15, 0.2) is 0 Å². The van der Waals surface area contributed by atoms with Crippen LogP contribution in [-0.2, 0) is 0 Å². The molecule has 2 aliphatic carbocycles. The van der Waals surface area contributed by atoms with Gasteiger partial charge in [-0.2, -0.15) is 0 Å². The molecule has 4 rings (SSSR count). The van der Waals surface area contributed by atoms with E-state index in [1.165, 1.54) is 38.5 Å². The number of fused-ring (bicyclic) bond motifs is 1. The molecule has 2 aromatic carbocycles. The molecule has 0 amide bonds. The predicted octanol–water partition coefficient (Wildman–Crippen LogP) is 7.81. The standard InChI is InChI=1S/C27H33FO/c1-3-17-29-24-14-16-26-23(18-24)13-15-25(27(26)28)22-11-9-21(10-12-22)20-7-5-19(4-2)6-8-20/h3-4,13-16,18-22H,1-2,5-12,17H2. The van der Waals surface area contributed by atoms with Crippen molar-refractivity contribution in [1.29, 1.82) is 0 Å². The number of benzene rings is 2. The molecule has 2 saturated carbocycles. The SMILES string of the molecule is C=CCOc1ccc2c(F)c(C3CCC(C4CCC(C=C)CC4)CC3)ccc2c1. The molecule has 29 heavy (non-hydrogen) atoms. The summed E-state index contributed by atoms with van der Waals surface area (Å²) in [7, 11) is 0. The Labute approximate surface area is 174 Å². The fourth-order valence-corrected chi connectivity index (χ4v) is 5.60. The van der Waals surface area contributed by atoms with Gasteiger partial charge < -0.3 is 4.74 Å². The lowest BCUT2D eigenvalue weighted by Crippen LogP contribution is -2.25. The first kappa shape index (κ1) is 20.2. The van der Waals surface area contributed by atoms with Crippen LogP contribution in [0.4, 0.5) is 4.39 Å². The van der Waals surface area contributed by atoms with Gasteiger partial charge in [0, 0.05) is 5.39 Å². The van der Waals surface area contributed by atoms with E-state index in [0.717, 1.165) is 47.3 Å². The Morgan fingerprint density at radius 2 is 1.59 bits per heavy atom. The van der Waals surface area contributed by atoms with Crippen LogP contribution in [0.3, 0.4) is 0 Å². The average Bonchev–Trinajstić information content (AvgIpc) is 2.78. The van der Waals surface area contributed by atoms with Gasteiger partial charge in [-0.1, -0.05) is 30.9 Å². The summed E-state index contributed by atoms with van der Waals surface area (Å²) >= 11 is 0. The van der Waals surface area contributed by atoms with Crippen molar-refractivity contribution >= 4 is 10.8 Å². The van der Waals surface area contributed by atoms with Crippen molar-refractivity contribution in [2.45, 2.75) is 57.3 Å². The first-order valence-corrected chi connectivity index (χ1v) is 11.3. The van der Waals surface area contributed by atoms with Gasteiger partial charge in [0.05, 0.1) is 0 Å². The molecule has 2 fully saturated rings. The summed E-state index contributed by atoms with van der Waals surface area (Å²) in [4.78, 5) is 0. The highest BCUT2D eigenvalue weighted by Crippen LogP contribution is 2.45. The molecule has 0 N–H and O–H groups in total. The number of ether oxygens (including phenoxy) is 1. The molecule has 0 aliphatic heterocycles. The summed E-state index contributed by atoms with van der Waals surface area (Å²) in [6.45, 7) is 8.10. The Bertz CT molecular complexity index is 854. The molecule has 0 heterocycles. The number of hydrogen-bond acceptors (Lipinski definition) is 1. The van der Waals surface area contributed by atoms with E-state index in [2.05, 4.69) is 25.3 Å². The second-order valence-electron chi connectivity index (χ2n) is 8.97. The molecule has 0 atom stereocenters. The van der Waals surface area contributed by atoms with Gasteiger partial charge in [-0.25, -0.2) is 4.39 Å². The molecule has 0 bridgehead atoms. The second-order valence-corrected chi connectivity index (χ2v) is 8.97. The van der Waals surface area contributed by atoms with Crippen LogP contribution in [0.2, 0.25) is 0 Å². The summed E-state index contributed by atoms with van der Waals surface area (Å²) in [5.74, 6) is 3.53. The molecular formula is C27H33FO. The van der Waals surface area contributed by atoms with E-state index in [4.69, 9.17) is 4.74 Å². The minimum Gasteiger partial charge on any atom is -0.490 e. The molecular weight excluding hydrogens is 359 g/mol. The van der Waals surface area contributed by atoms with E-state index in [-0.39, 0.29) is 5.82 Å². The van der Waals surface area contributed by atoms with Gasteiger partial charge in [0.1, 0.15) is 18.2 Å². The van der Waals surface area contributed by atoms with Crippen molar-refractivity contribution < 1.29 is 9.13 Å². The van der Waals surface area contributed by atoms with Crippen molar-refractivity contribution in [3.63, 3.8) is 0 Å². The number of allylic oxidation sites excluding steroid dienone is 1. The average molecular weight is 393 g/mol. The highest BCUT2D eigenvalue weighted by atomic mass is 19.1. The van der Waals surface area contributed by atoms with Gasteiger partial charge in [-0.05, 0) is 104 Å². The van der Waals surface area contributed by atoms with Crippen molar-refractivity contribution in [3.8, 4) is 5.75 Å². The van der Waals surface area contributed by atoms with Crippen LogP contribution >= 0.6 is 0 Å². The molecule has 0 radical (unpaired) electrons. The zero-order valence-corrected chi connectivity index (χ0v) is 17.4. The lowest BCUT2D eigenvalue weighted by atomic mass is 9.68. The first-order chi connectivity index (χ1) is 14.2. The predicted molar refractivity (Wildman–Crippen MR) is 120 cm³/mol. The van der Waals surface area contributed by atoms with E-state index in [9.17, 15) is 0 Å². The van der Waals surface area contributed by atoms with E-state index in [0.29, 0.717) is 17.9 Å².